The first-order valence-corrected chi connectivity index (χ1v) is 7.70. The number of benzene rings is 1. The summed E-state index contributed by atoms with van der Waals surface area (Å²) >= 11 is 0. The van der Waals surface area contributed by atoms with E-state index in [4.69, 9.17) is 4.74 Å². The van der Waals surface area contributed by atoms with Crippen LogP contribution >= 0.6 is 0 Å². The van der Waals surface area contributed by atoms with Crippen molar-refractivity contribution in [2.45, 2.75) is 13.1 Å². The maximum atomic E-state index is 12.9. The quantitative estimate of drug-likeness (QED) is 0.706. The predicted molar refractivity (Wildman–Crippen MR) is 88.1 cm³/mol. The lowest BCUT2D eigenvalue weighted by atomic mass is 10.1. The second kappa shape index (κ2) is 7.06. The van der Waals surface area contributed by atoms with E-state index >= 15 is 0 Å². The summed E-state index contributed by atoms with van der Waals surface area (Å²) in [4.78, 5) is 28.2. The van der Waals surface area contributed by atoms with Gasteiger partial charge in [-0.25, -0.2) is 14.3 Å². The number of hydrogen-bond acceptors (Lipinski definition) is 5. The minimum atomic E-state index is -4.62. The summed E-state index contributed by atoms with van der Waals surface area (Å²) in [6.45, 7) is 0.819. The minimum Gasteiger partial charge on any atom is -0.452 e. The molecule has 0 saturated carbocycles. The maximum absolute atomic E-state index is 12.9. The molecule has 3 aromatic rings. The van der Waals surface area contributed by atoms with Crippen LogP contribution < -0.4 is 5.32 Å². The predicted octanol–water partition coefficient (Wildman–Crippen LogP) is 2.85. The van der Waals surface area contributed by atoms with Crippen LogP contribution in [-0.4, -0.2) is 33.1 Å². The standard InChI is InChI=1S/C17H13F3N4O3/c1-10-14(15-21-7-4-8-24(15)23-10)16(26)27-9-13(25)22-12-6-3-2-5-11(12)17(18,19)20/h2-8H,9H2,1H3,(H,22,25). The number of aromatic nitrogens is 3. The number of para-hydroxylation sites is 1. The molecule has 3 rings (SSSR count). The molecule has 1 aromatic carbocycles. The summed E-state index contributed by atoms with van der Waals surface area (Å²) in [5.41, 5.74) is -0.726. The van der Waals surface area contributed by atoms with Gasteiger partial charge in [0.1, 0.15) is 5.56 Å². The van der Waals surface area contributed by atoms with Gasteiger partial charge in [-0.05, 0) is 25.1 Å². The van der Waals surface area contributed by atoms with Gasteiger partial charge in [-0.1, -0.05) is 12.1 Å². The number of carbonyl (C=O) groups excluding carboxylic acids is 2. The van der Waals surface area contributed by atoms with E-state index in [0.29, 0.717) is 5.69 Å². The molecule has 1 N–H and O–H groups in total. The Balaban J connectivity index is 1.70. The zero-order valence-corrected chi connectivity index (χ0v) is 13.9. The molecule has 0 radical (unpaired) electrons. The van der Waals surface area contributed by atoms with Crippen molar-refractivity contribution < 1.29 is 27.5 Å². The fraction of sp³-hybridized carbons (Fsp3) is 0.176. The summed E-state index contributed by atoms with van der Waals surface area (Å²) < 4.78 is 45.1. The van der Waals surface area contributed by atoms with Crippen LogP contribution in [-0.2, 0) is 15.7 Å². The van der Waals surface area contributed by atoms with E-state index in [1.807, 2.05) is 0 Å². The number of fused-ring (bicyclic) bond motifs is 1. The van der Waals surface area contributed by atoms with E-state index in [1.54, 1.807) is 19.2 Å². The van der Waals surface area contributed by atoms with E-state index in [2.05, 4.69) is 15.4 Å². The van der Waals surface area contributed by atoms with Gasteiger partial charge in [0.15, 0.2) is 12.3 Å². The molecule has 0 aliphatic carbocycles. The maximum Gasteiger partial charge on any atom is 0.418 e. The van der Waals surface area contributed by atoms with Crippen molar-refractivity contribution in [2.75, 3.05) is 11.9 Å². The smallest absolute Gasteiger partial charge is 0.418 e. The molecule has 0 aliphatic rings. The summed E-state index contributed by atoms with van der Waals surface area (Å²) in [7, 11) is 0. The molecule has 10 heteroatoms. The van der Waals surface area contributed by atoms with Gasteiger partial charge >= 0.3 is 12.1 Å². The fourth-order valence-electron chi connectivity index (χ4n) is 2.46. The Morgan fingerprint density at radius 1 is 1.22 bits per heavy atom. The molecule has 27 heavy (non-hydrogen) atoms. The molecular weight excluding hydrogens is 365 g/mol. The van der Waals surface area contributed by atoms with Gasteiger partial charge in [0.2, 0.25) is 0 Å². The normalized spacial score (nSPS) is 11.4. The van der Waals surface area contributed by atoms with E-state index in [0.717, 1.165) is 12.1 Å². The molecule has 2 aromatic heterocycles. The topological polar surface area (TPSA) is 85.6 Å². The number of nitrogens with zero attached hydrogens (tertiary/aromatic N) is 3. The van der Waals surface area contributed by atoms with Crippen LogP contribution in [0.2, 0.25) is 0 Å². The first-order valence-electron chi connectivity index (χ1n) is 7.70. The molecule has 0 aliphatic heterocycles. The molecule has 2 heterocycles. The number of hydrogen-bond donors (Lipinski definition) is 1. The molecule has 0 atom stereocenters. The largest absolute Gasteiger partial charge is 0.452 e. The lowest BCUT2D eigenvalue weighted by Gasteiger charge is -2.13. The van der Waals surface area contributed by atoms with Crippen molar-refractivity contribution in [1.82, 2.24) is 14.6 Å². The van der Waals surface area contributed by atoms with Gasteiger partial charge in [-0.3, -0.25) is 4.79 Å². The van der Waals surface area contributed by atoms with Crippen LogP contribution in [0.1, 0.15) is 21.6 Å². The van der Waals surface area contributed by atoms with Crippen molar-refractivity contribution in [3.8, 4) is 0 Å². The van der Waals surface area contributed by atoms with E-state index in [9.17, 15) is 22.8 Å². The second-order valence-corrected chi connectivity index (χ2v) is 5.52. The zero-order valence-electron chi connectivity index (χ0n) is 13.9. The first-order chi connectivity index (χ1) is 12.8. The molecule has 0 fully saturated rings. The SMILES string of the molecule is Cc1nn2cccnc2c1C(=O)OCC(=O)Nc1ccccc1C(F)(F)F. The summed E-state index contributed by atoms with van der Waals surface area (Å²) in [5, 5.41) is 6.19. The molecule has 1 amide bonds. The number of nitrogens with one attached hydrogen (secondary N) is 1. The van der Waals surface area contributed by atoms with Crippen molar-refractivity contribution in [2.24, 2.45) is 0 Å². The molecule has 0 spiro atoms. The third-order valence-electron chi connectivity index (χ3n) is 3.62. The number of esters is 1. The third kappa shape index (κ3) is 3.89. The van der Waals surface area contributed by atoms with Gasteiger partial charge < -0.3 is 10.1 Å². The summed E-state index contributed by atoms with van der Waals surface area (Å²) in [6, 6.07) is 6.14. The number of carbonyl (C=O) groups is 2. The molecular formula is C17H13F3N4O3. The Morgan fingerprint density at radius 3 is 2.70 bits per heavy atom. The van der Waals surface area contributed by atoms with Gasteiger partial charge in [-0.15, -0.1) is 0 Å². The third-order valence-corrected chi connectivity index (χ3v) is 3.62. The minimum absolute atomic E-state index is 0.0825. The van der Waals surface area contributed by atoms with Crippen LogP contribution in [0.5, 0.6) is 0 Å². The highest BCUT2D eigenvalue weighted by Gasteiger charge is 2.33. The van der Waals surface area contributed by atoms with Gasteiger partial charge in [0.25, 0.3) is 5.91 Å². The number of amides is 1. The molecule has 0 unspecified atom stereocenters. The number of rotatable bonds is 4. The fourth-order valence-corrected chi connectivity index (χ4v) is 2.46. The number of halogens is 3. The van der Waals surface area contributed by atoms with Crippen molar-refractivity contribution in [3.63, 3.8) is 0 Å². The van der Waals surface area contributed by atoms with Gasteiger partial charge in [0.05, 0.1) is 16.9 Å². The van der Waals surface area contributed by atoms with Crippen molar-refractivity contribution in [3.05, 3.63) is 59.5 Å². The zero-order chi connectivity index (χ0) is 19.6. The molecule has 7 nitrogen and oxygen atoms in total. The van der Waals surface area contributed by atoms with Crippen molar-refractivity contribution in [1.29, 1.82) is 0 Å². The Bertz CT molecular complexity index is 1010. The highest BCUT2D eigenvalue weighted by molar-refractivity contribution is 5.99. The average molecular weight is 378 g/mol. The number of aryl methyl sites for hydroxylation is 1. The summed E-state index contributed by atoms with van der Waals surface area (Å²) in [6.07, 6.45) is -1.57. The van der Waals surface area contributed by atoms with Crippen LogP contribution in [0.3, 0.4) is 0 Å². The van der Waals surface area contributed by atoms with Crippen molar-refractivity contribution >= 4 is 23.2 Å². The van der Waals surface area contributed by atoms with Gasteiger partial charge in [-0.2, -0.15) is 18.3 Å². The molecule has 0 bridgehead atoms. The Hall–Kier alpha value is -3.43. The second-order valence-electron chi connectivity index (χ2n) is 5.52. The van der Waals surface area contributed by atoms with Crippen LogP contribution in [0.25, 0.3) is 5.65 Å². The highest BCUT2D eigenvalue weighted by Crippen LogP contribution is 2.34. The monoisotopic (exact) mass is 378 g/mol. The number of ether oxygens (including phenoxy) is 1. The highest BCUT2D eigenvalue weighted by atomic mass is 19.4. The van der Waals surface area contributed by atoms with E-state index < -0.39 is 35.9 Å². The Labute approximate surface area is 150 Å². The van der Waals surface area contributed by atoms with Gasteiger partial charge in [0, 0.05) is 12.4 Å². The first kappa shape index (κ1) is 18.4. The number of alkyl halides is 3. The van der Waals surface area contributed by atoms with E-state index in [1.165, 1.54) is 22.8 Å². The molecule has 0 saturated heterocycles. The van der Waals surface area contributed by atoms with Crippen LogP contribution in [0.15, 0.2) is 42.7 Å². The Morgan fingerprint density at radius 2 is 1.96 bits per heavy atom. The van der Waals surface area contributed by atoms with Crippen LogP contribution in [0, 0.1) is 6.92 Å². The number of anilines is 1. The average Bonchev–Trinajstić information content (AvgIpc) is 2.95. The lowest BCUT2D eigenvalue weighted by molar-refractivity contribution is -0.137. The summed E-state index contributed by atoms with van der Waals surface area (Å²) in [5.74, 6) is -1.75. The van der Waals surface area contributed by atoms with Crippen LogP contribution in [0.4, 0.5) is 18.9 Å². The molecule has 140 valence electrons. The Kier molecular flexibility index (Phi) is 4.80. The lowest BCUT2D eigenvalue weighted by Crippen LogP contribution is -2.23. The van der Waals surface area contributed by atoms with E-state index in [-0.39, 0.29) is 11.2 Å².